The molecule has 15 heavy (non-hydrogen) atoms. The van der Waals surface area contributed by atoms with Gasteiger partial charge in [0.1, 0.15) is 0 Å². The van der Waals surface area contributed by atoms with E-state index in [1.807, 2.05) is 12.2 Å². The van der Waals surface area contributed by atoms with Gasteiger partial charge in [-0.3, -0.25) is 0 Å². The lowest BCUT2D eigenvalue weighted by Gasteiger charge is -1.98. The Balaban J connectivity index is 2.82. The summed E-state index contributed by atoms with van der Waals surface area (Å²) in [6, 6.07) is 6.77. The van der Waals surface area contributed by atoms with Crippen molar-refractivity contribution in [3.63, 3.8) is 0 Å². The van der Waals surface area contributed by atoms with Gasteiger partial charge in [0.25, 0.3) is 0 Å². The molecule has 0 aliphatic carbocycles. The minimum absolute atomic E-state index is 0.344. The van der Waals surface area contributed by atoms with E-state index in [1.165, 1.54) is 6.26 Å². The van der Waals surface area contributed by atoms with Crippen LogP contribution in [0.1, 0.15) is 12.0 Å². The van der Waals surface area contributed by atoms with Crippen molar-refractivity contribution in [3.05, 3.63) is 35.9 Å². The second-order valence-electron chi connectivity index (χ2n) is 3.22. The van der Waals surface area contributed by atoms with E-state index >= 15 is 0 Å². The number of halogens is 1. The first-order valence-corrected chi connectivity index (χ1v) is 6.99. The third-order valence-corrected chi connectivity index (χ3v) is 3.24. The molecule has 0 aliphatic rings. The predicted molar refractivity (Wildman–Crippen MR) is 63.9 cm³/mol. The van der Waals surface area contributed by atoms with Crippen LogP contribution in [0.25, 0.3) is 6.08 Å². The topological polar surface area (TPSA) is 34.1 Å². The summed E-state index contributed by atoms with van der Waals surface area (Å²) in [5, 5.41) is 0. The molecule has 4 heteroatoms. The minimum Gasteiger partial charge on any atom is -0.224 e. The molecule has 0 atom stereocenters. The molecule has 0 unspecified atom stereocenters. The summed E-state index contributed by atoms with van der Waals surface area (Å²) < 4.78 is 22.3. The Labute approximate surface area is 95.5 Å². The SMILES string of the molecule is CS(=O)(=O)c1ccc(C=CCCCl)cc1. The molecular formula is C11H13ClO2S. The standard InChI is InChI=1S/C11H13ClO2S/c1-15(13,14)11-7-5-10(6-8-11)4-2-3-9-12/h2,4-8H,3,9H2,1H3. The predicted octanol–water partition coefficient (Wildman–Crippen LogP) is 2.73. The van der Waals surface area contributed by atoms with E-state index in [2.05, 4.69) is 0 Å². The molecule has 0 spiro atoms. The second-order valence-corrected chi connectivity index (χ2v) is 5.61. The van der Waals surface area contributed by atoms with E-state index < -0.39 is 9.84 Å². The average Bonchev–Trinajstić information content (AvgIpc) is 2.18. The Morgan fingerprint density at radius 3 is 2.33 bits per heavy atom. The molecule has 0 heterocycles. The minimum atomic E-state index is -3.09. The molecule has 0 saturated heterocycles. The third kappa shape index (κ3) is 4.06. The molecule has 1 aromatic rings. The van der Waals surface area contributed by atoms with Crippen molar-refractivity contribution < 1.29 is 8.42 Å². The fraction of sp³-hybridized carbons (Fsp3) is 0.273. The first-order valence-electron chi connectivity index (χ1n) is 4.56. The van der Waals surface area contributed by atoms with E-state index in [4.69, 9.17) is 11.6 Å². The fourth-order valence-corrected chi connectivity index (χ4v) is 1.87. The Hall–Kier alpha value is -0.800. The van der Waals surface area contributed by atoms with E-state index in [0.29, 0.717) is 10.8 Å². The number of allylic oxidation sites excluding steroid dienone is 1. The van der Waals surface area contributed by atoms with Gasteiger partial charge in [0.15, 0.2) is 9.84 Å². The smallest absolute Gasteiger partial charge is 0.175 e. The molecular weight excluding hydrogens is 232 g/mol. The Kier molecular flexibility index (Phi) is 4.36. The van der Waals surface area contributed by atoms with E-state index in [9.17, 15) is 8.42 Å². The number of benzene rings is 1. The molecule has 0 aromatic heterocycles. The molecule has 82 valence electrons. The van der Waals surface area contributed by atoms with Crippen LogP contribution in [0.5, 0.6) is 0 Å². The van der Waals surface area contributed by atoms with Gasteiger partial charge in [0.05, 0.1) is 4.90 Å². The highest BCUT2D eigenvalue weighted by Crippen LogP contribution is 2.11. The highest BCUT2D eigenvalue weighted by atomic mass is 35.5. The van der Waals surface area contributed by atoms with Gasteiger partial charge in [0.2, 0.25) is 0 Å². The molecule has 0 N–H and O–H groups in total. The van der Waals surface area contributed by atoms with Gasteiger partial charge < -0.3 is 0 Å². The van der Waals surface area contributed by atoms with Crippen LogP contribution in [0.4, 0.5) is 0 Å². The van der Waals surface area contributed by atoms with Crippen LogP contribution in [0.2, 0.25) is 0 Å². The van der Waals surface area contributed by atoms with Crippen LogP contribution in [0.3, 0.4) is 0 Å². The number of alkyl halides is 1. The van der Waals surface area contributed by atoms with Gasteiger partial charge >= 0.3 is 0 Å². The van der Waals surface area contributed by atoms with Gasteiger partial charge in [0, 0.05) is 12.1 Å². The number of rotatable bonds is 4. The number of hydrogen-bond acceptors (Lipinski definition) is 2. The summed E-state index contributed by atoms with van der Waals surface area (Å²) in [5.41, 5.74) is 0.979. The molecule has 0 aliphatic heterocycles. The van der Waals surface area contributed by atoms with Crippen molar-refractivity contribution in [1.29, 1.82) is 0 Å². The van der Waals surface area contributed by atoms with E-state index in [0.717, 1.165) is 12.0 Å². The summed E-state index contributed by atoms with van der Waals surface area (Å²) >= 11 is 5.52. The highest BCUT2D eigenvalue weighted by molar-refractivity contribution is 7.90. The van der Waals surface area contributed by atoms with Crippen LogP contribution < -0.4 is 0 Å². The maximum absolute atomic E-state index is 11.2. The largest absolute Gasteiger partial charge is 0.224 e. The number of sulfone groups is 1. The van der Waals surface area contributed by atoms with Crippen LogP contribution in [-0.2, 0) is 9.84 Å². The maximum atomic E-state index is 11.2. The zero-order valence-corrected chi connectivity index (χ0v) is 10.1. The third-order valence-electron chi connectivity index (χ3n) is 1.89. The van der Waals surface area contributed by atoms with E-state index in [-0.39, 0.29) is 0 Å². The van der Waals surface area contributed by atoms with Gasteiger partial charge in [-0.15, -0.1) is 11.6 Å². The van der Waals surface area contributed by atoms with Crippen molar-refractivity contribution in [2.24, 2.45) is 0 Å². The van der Waals surface area contributed by atoms with Crippen LogP contribution in [-0.4, -0.2) is 20.6 Å². The fourth-order valence-electron chi connectivity index (χ4n) is 1.11. The zero-order chi connectivity index (χ0) is 11.3. The van der Waals surface area contributed by atoms with Gasteiger partial charge in [-0.2, -0.15) is 0 Å². The normalized spacial score (nSPS) is 12.1. The van der Waals surface area contributed by atoms with Crippen molar-refractivity contribution >= 4 is 27.5 Å². The lowest BCUT2D eigenvalue weighted by atomic mass is 10.2. The lowest BCUT2D eigenvalue weighted by molar-refractivity contribution is 0.602. The Morgan fingerprint density at radius 1 is 1.27 bits per heavy atom. The van der Waals surface area contributed by atoms with Crippen molar-refractivity contribution in [1.82, 2.24) is 0 Å². The molecule has 0 radical (unpaired) electrons. The summed E-state index contributed by atoms with van der Waals surface area (Å²) in [4.78, 5) is 0.344. The average molecular weight is 245 g/mol. The molecule has 0 fully saturated rings. The first-order chi connectivity index (χ1) is 7.04. The van der Waals surface area contributed by atoms with E-state index in [1.54, 1.807) is 24.3 Å². The molecule has 0 amide bonds. The lowest BCUT2D eigenvalue weighted by Crippen LogP contribution is -1.95. The monoisotopic (exact) mass is 244 g/mol. The highest BCUT2D eigenvalue weighted by Gasteiger charge is 2.04. The molecule has 0 bridgehead atoms. The van der Waals surface area contributed by atoms with Crippen molar-refractivity contribution in [2.45, 2.75) is 11.3 Å². The summed E-state index contributed by atoms with van der Waals surface area (Å²) in [7, 11) is -3.09. The van der Waals surface area contributed by atoms with Crippen LogP contribution >= 0.6 is 11.6 Å². The quantitative estimate of drug-likeness (QED) is 0.764. The van der Waals surface area contributed by atoms with Gasteiger partial charge in [-0.25, -0.2) is 8.42 Å². The second kappa shape index (κ2) is 5.33. The van der Waals surface area contributed by atoms with Crippen LogP contribution in [0.15, 0.2) is 35.2 Å². The van der Waals surface area contributed by atoms with Gasteiger partial charge in [-0.05, 0) is 24.1 Å². The molecule has 1 aromatic carbocycles. The Morgan fingerprint density at radius 2 is 1.87 bits per heavy atom. The zero-order valence-electron chi connectivity index (χ0n) is 8.48. The van der Waals surface area contributed by atoms with Crippen molar-refractivity contribution in [2.75, 3.05) is 12.1 Å². The maximum Gasteiger partial charge on any atom is 0.175 e. The molecule has 2 nitrogen and oxygen atoms in total. The summed E-state index contributed by atoms with van der Waals surface area (Å²) in [6.07, 6.45) is 5.90. The summed E-state index contributed by atoms with van der Waals surface area (Å²) in [6.45, 7) is 0. The first kappa shape index (κ1) is 12.3. The van der Waals surface area contributed by atoms with Gasteiger partial charge in [-0.1, -0.05) is 24.3 Å². The summed E-state index contributed by atoms with van der Waals surface area (Å²) in [5.74, 6) is 0.595. The molecule has 1 rings (SSSR count). The molecule has 0 saturated carbocycles. The number of hydrogen-bond donors (Lipinski definition) is 0. The van der Waals surface area contributed by atoms with Crippen molar-refractivity contribution in [3.8, 4) is 0 Å². The van der Waals surface area contributed by atoms with Crippen LogP contribution in [0, 0.1) is 0 Å². The Bertz CT molecular complexity index is 432.